The van der Waals surface area contributed by atoms with Crippen molar-refractivity contribution in [1.82, 2.24) is 20.1 Å². The molecule has 2 amide bonds. The van der Waals surface area contributed by atoms with Crippen LogP contribution in [0.3, 0.4) is 0 Å². The summed E-state index contributed by atoms with van der Waals surface area (Å²) < 4.78 is 7.08. The molecule has 0 radical (unpaired) electrons. The Labute approximate surface area is 196 Å². The minimum Gasteiger partial charge on any atom is -0.444 e. The summed E-state index contributed by atoms with van der Waals surface area (Å²) in [7, 11) is 1.80. The highest BCUT2D eigenvalue weighted by Crippen LogP contribution is 2.30. The van der Waals surface area contributed by atoms with Crippen LogP contribution in [0.1, 0.15) is 52.8 Å². The van der Waals surface area contributed by atoms with E-state index in [1.54, 1.807) is 36.3 Å². The van der Waals surface area contributed by atoms with Gasteiger partial charge in [0.1, 0.15) is 5.60 Å². The number of hydrogen-bond donors (Lipinski definition) is 2. The average molecular weight is 454 g/mol. The minimum absolute atomic E-state index is 0.119. The van der Waals surface area contributed by atoms with E-state index in [-0.39, 0.29) is 17.7 Å². The Hall–Kier alpha value is -3.42. The first-order valence-corrected chi connectivity index (χ1v) is 11.0. The van der Waals surface area contributed by atoms with Gasteiger partial charge < -0.3 is 15.4 Å². The standard InChI is InChI=1S/C25H35N5O3/c1-9-11-19(29-24(32)33-25(5,6)7)20-14-17(12-13-26-20)22-21(15-27-30(22)8)28-23(31)18(10-2)16(3)4/h9-10,12-16,18-19H,1-2,11H2,3-8H3,(H,28,31)(H,29,32). The van der Waals surface area contributed by atoms with Gasteiger partial charge in [-0.3, -0.25) is 14.5 Å². The monoisotopic (exact) mass is 453 g/mol. The van der Waals surface area contributed by atoms with E-state index in [0.717, 1.165) is 11.3 Å². The summed E-state index contributed by atoms with van der Waals surface area (Å²) in [6.07, 6.45) is 6.60. The van der Waals surface area contributed by atoms with Crippen molar-refractivity contribution < 1.29 is 14.3 Å². The van der Waals surface area contributed by atoms with Gasteiger partial charge in [-0.05, 0) is 45.2 Å². The molecule has 2 heterocycles. The summed E-state index contributed by atoms with van der Waals surface area (Å²) in [5, 5.41) is 10.2. The van der Waals surface area contributed by atoms with E-state index >= 15 is 0 Å². The molecule has 0 bridgehead atoms. The van der Waals surface area contributed by atoms with E-state index in [0.29, 0.717) is 17.8 Å². The Morgan fingerprint density at radius 2 is 1.97 bits per heavy atom. The zero-order valence-electron chi connectivity index (χ0n) is 20.4. The van der Waals surface area contributed by atoms with Crippen molar-refractivity contribution in [3.05, 3.63) is 55.5 Å². The van der Waals surface area contributed by atoms with Crippen LogP contribution in [0.5, 0.6) is 0 Å². The highest BCUT2D eigenvalue weighted by Gasteiger charge is 2.23. The molecule has 8 heteroatoms. The van der Waals surface area contributed by atoms with Gasteiger partial charge in [0.25, 0.3) is 0 Å². The topological polar surface area (TPSA) is 98.1 Å². The third-order valence-electron chi connectivity index (χ3n) is 4.98. The number of aromatic nitrogens is 3. The first-order valence-electron chi connectivity index (χ1n) is 11.0. The second-order valence-electron chi connectivity index (χ2n) is 9.22. The number of carbonyl (C=O) groups excluding carboxylic acids is 2. The molecule has 0 fully saturated rings. The van der Waals surface area contributed by atoms with Gasteiger partial charge in [0.05, 0.1) is 35.2 Å². The van der Waals surface area contributed by atoms with Crippen LogP contribution in [0, 0.1) is 11.8 Å². The van der Waals surface area contributed by atoms with Gasteiger partial charge in [0.15, 0.2) is 0 Å². The number of aryl methyl sites for hydroxylation is 1. The van der Waals surface area contributed by atoms with Gasteiger partial charge in [-0.15, -0.1) is 13.2 Å². The molecule has 0 aliphatic rings. The summed E-state index contributed by atoms with van der Waals surface area (Å²) in [4.78, 5) is 29.6. The number of carbonyl (C=O) groups is 2. The average Bonchev–Trinajstić information content (AvgIpc) is 3.06. The number of nitrogens with one attached hydrogen (secondary N) is 2. The zero-order valence-corrected chi connectivity index (χ0v) is 20.4. The van der Waals surface area contributed by atoms with Crippen molar-refractivity contribution in [2.75, 3.05) is 5.32 Å². The second kappa shape index (κ2) is 10.9. The fraction of sp³-hybridized carbons (Fsp3) is 0.440. The second-order valence-corrected chi connectivity index (χ2v) is 9.22. The normalized spacial score (nSPS) is 13.2. The summed E-state index contributed by atoms with van der Waals surface area (Å²) >= 11 is 0. The Morgan fingerprint density at radius 1 is 1.27 bits per heavy atom. The van der Waals surface area contributed by atoms with Crippen LogP contribution < -0.4 is 10.6 Å². The lowest BCUT2D eigenvalue weighted by molar-refractivity contribution is -0.119. The van der Waals surface area contributed by atoms with E-state index < -0.39 is 17.7 Å². The molecule has 8 nitrogen and oxygen atoms in total. The number of hydrogen-bond acceptors (Lipinski definition) is 5. The molecule has 2 N–H and O–H groups in total. The van der Waals surface area contributed by atoms with Crippen LogP contribution in [0.15, 0.2) is 49.8 Å². The maximum atomic E-state index is 12.8. The van der Waals surface area contributed by atoms with Crippen LogP contribution >= 0.6 is 0 Å². The van der Waals surface area contributed by atoms with Crippen LogP contribution in [-0.4, -0.2) is 32.4 Å². The lowest BCUT2D eigenvalue weighted by Gasteiger charge is -2.23. The van der Waals surface area contributed by atoms with Crippen molar-refractivity contribution in [2.24, 2.45) is 18.9 Å². The van der Waals surface area contributed by atoms with Crippen molar-refractivity contribution in [3.63, 3.8) is 0 Å². The fourth-order valence-corrected chi connectivity index (χ4v) is 3.43. The molecule has 0 aliphatic heterocycles. The molecular formula is C25H35N5O3. The maximum absolute atomic E-state index is 12.8. The molecule has 2 aromatic heterocycles. The summed E-state index contributed by atoms with van der Waals surface area (Å²) in [6, 6.07) is 3.28. The molecule has 0 saturated heterocycles. The number of pyridine rings is 1. The van der Waals surface area contributed by atoms with Gasteiger partial charge in [-0.1, -0.05) is 26.0 Å². The smallest absolute Gasteiger partial charge is 0.408 e. The largest absolute Gasteiger partial charge is 0.444 e. The van der Waals surface area contributed by atoms with Gasteiger partial charge in [0.2, 0.25) is 5.91 Å². The van der Waals surface area contributed by atoms with E-state index in [4.69, 9.17) is 4.74 Å². The number of rotatable bonds is 9. The van der Waals surface area contributed by atoms with Crippen molar-refractivity contribution in [1.29, 1.82) is 0 Å². The molecule has 2 rings (SSSR count). The molecule has 2 aromatic rings. The summed E-state index contributed by atoms with van der Waals surface area (Å²) in [5.74, 6) is -0.338. The molecule has 0 saturated carbocycles. The summed E-state index contributed by atoms with van der Waals surface area (Å²) in [6.45, 7) is 16.9. The lowest BCUT2D eigenvalue weighted by atomic mass is 9.95. The molecule has 33 heavy (non-hydrogen) atoms. The minimum atomic E-state index is -0.612. The highest BCUT2D eigenvalue weighted by atomic mass is 16.6. The first kappa shape index (κ1) is 25.8. The lowest BCUT2D eigenvalue weighted by Crippen LogP contribution is -2.35. The van der Waals surface area contributed by atoms with Crippen molar-refractivity contribution >= 4 is 17.7 Å². The molecule has 0 aromatic carbocycles. The molecule has 2 unspecified atom stereocenters. The number of alkyl carbamates (subject to hydrolysis) is 1. The van der Waals surface area contributed by atoms with Gasteiger partial charge in [-0.2, -0.15) is 5.10 Å². The zero-order chi connectivity index (χ0) is 24.8. The summed E-state index contributed by atoms with van der Waals surface area (Å²) in [5.41, 5.74) is 2.15. The molecule has 2 atom stereocenters. The van der Waals surface area contributed by atoms with Crippen LogP contribution in [0.4, 0.5) is 10.5 Å². The van der Waals surface area contributed by atoms with E-state index in [2.05, 4.69) is 33.9 Å². The third kappa shape index (κ3) is 7.03. The quantitative estimate of drug-likeness (QED) is 0.520. The van der Waals surface area contributed by atoms with Crippen LogP contribution in [0.25, 0.3) is 11.3 Å². The molecule has 0 aliphatic carbocycles. The SMILES string of the molecule is C=CCC(NC(=O)OC(C)(C)C)c1cc(-c2c(NC(=O)C(C=C)C(C)C)cnn2C)ccn1. The molecule has 0 spiro atoms. The van der Waals surface area contributed by atoms with E-state index in [9.17, 15) is 9.59 Å². The van der Waals surface area contributed by atoms with Crippen molar-refractivity contribution in [3.8, 4) is 11.3 Å². The van der Waals surface area contributed by atoms with Crippen molar-refractivity contribution in [2.45, 2.75) is 52.7 Å². The van der Waals surface area contributed by atoms with Gasteiger partial charge in [-0.25, -0.2) is 4.79 Å². The number of ether oxygens (including phenoxy) is 1. The van der Waals surface area contributed by atoms with E-state index in [1.807, 2.05) is 46.8 Å². The third-order valence-corrected chi connectivity index (χ3v) is 4.98. The number of nitrogens with zero attached hydrogens (tertiary/aromatic N) is 3. The molecule has 178 valence electrons. The number of anilines is 1. The van der Waals surface area contributed by atoms with E-state index in [1.165, 1.54) is 0 Å². The maximum Gasteiger partial charge on any atom is 0.408 e. The highest BCUT2D eigenvalue weighted by molar-refractivity contribution is 5.97. The van der Waals surface area contributed by atoms with Gasteiger partial charge >= 0.3 is 6.09 Å². The Balaban J connectivity index is 2.35. The Bertz CT molecular complexity index is 1000. The fourth-order valence-electron chi connectivity index (χ4n) is 3.43. The predicted molar refractivity (Wildman–Crippen MR) is 131 cm³/mol. The molecular weight excluding hydrogens is 418 g/mol. The van der Waals surface area contributed by atoms with Gasteiger partial charge in [0, 0.05) is 18.8 Å². The Morgan fingerprint density at radius 3 is 2.55 bits per heavy atom. The first-order chi connectivity index (χ1) is 15.5. The number of amides is 2. The van der Waals surface area contributed by atoms with Crippen LogP contribution in [-0.2, 0) is 16.6 Å². The Kier molecular flexibility index (Phi) is 8.56. The predicted octanol–water partition coefficient (Wildman–Crippen LogP) is 5.02. The van der Waals surface area contributed by atoms with Crippen LogP contribution in [0.2, 0.25) is 0 Å².